The lowest BCUT2D eigenvalue weighted by Gasteiger charge is -2.24. The molecule has 0 saturated carbocycles. The summed E-state index contributed by atoms with van der Waals surface area (Å²) in [5, 5.41) is 0. The summed E-state index contributed by atoms with van der Waals surface area (Å²) in [4.78, 5) is 0. The van der Waals surface area contributed by atoms with Crippen LogP contribution >= 0.6 is 11.8 Å². The molecule has 1 unspecified atom stereocenters. The van der Waals surface area contributed by atoms with Gasteiger partial charge in [-0.1, -0.05) is 0 Å². The highest BCUT2D eigenvalue weighted by molar-refractivity contribution is 7.99. The molecule has 19 heavy (non-hydrogen) atoms. The molecule has 0 aliphatic carbocycles. The molecule has 5 nitrogen and oxygen atoms in total. The zero-order chi connectivity index (χ0) is 14.0. The summed E-state index contributed by atoms with van der Waals surface area (Å²) in [5.74, 6) is 2.24. The molecule has 114 valence electrons. The third kappa shape index (κ3) is 7.65. The molecule has 0 radical (unpaired) electrons. The van der Waals surface area contributed by atoms with Gasteiger partial charge in [0.05, 0.1) is 13.2 Å². The van der Waals surface area contributed by atoms with Crippen LogP contribution in [0.2, 0.25) is 6.04 Å². The molecule has 0 aromatic carbocycles. The maximum Gasteiger partial charge on any atom is 0.500 e. The van der Waals surface area contributed by atoms with Gasteiger partial charge in [0.1, 0.15) is 6.10 Å². The van der Waals surface area contributed by atoms with Gasteiger partial charge in [0.15, 0.2) is 0 Å². The van der Waals surface area contributed by atoms with Crippen LogP contribution in [-0.4, -0.2) is 67.6 Å². The van der Waals surface area contributed by atoms with Gasteiger partial charge >= 0.3 is 8.80 Å². The first-order valence-electron chi connectivity index (χ1n) is 6.69. The molecular weight excluding hydrogens is 284 g/mol. The maximum absolute atomic E-state index is 5.48. The SMILES string of the molecule is CO[Si](CCCSCCCOCC1CO1)(OC)OC. The van der Waals surface area contributed by atoms with Crippen molar-refractivity contribution in [3.8, 4) is 0 Å². The van der Waals surface area contributed by atoms with Crippen molar-refractivity contribution >= 4 is 20.6 Å². The van der Waals surface area contributed by atoms with Crippen molar-refractivity contribution in [2.45, 2.75) is 25.0 Å². The number of hydrogen-bond donors (Lipinski definition) is 0. The zero-order valence-corrected chi connectivity index (χ0v) is 14.0. The van der Waals surface area contributed by atoms with E-state index >= 15 is 0 Å². The summed E-state index contributed by atoms with van der Waals surface area (Å²) in [5.41, 5.74) is 0. The lowest BCUT2D eigenvalue weighted by atomic mass is 10.5. The van der Waals surface area contributed by atoms with Crippen molar-refractivity contribution in [2.75, 3.05) is 52.7 Å². The second kappa shape index (κ2) is 10.1. The van der Waals surface area contributed by atoms with Crippen LogP contribution in [0.5, 0.6) is 0 Å². The number of rotatable bonds is 13. The summed E-state index contributed by atoms with van der Waals surface area (Å²) in [6.07, 6.45) is 2.53. The quantitative estimate of drug-likeness (QED) is 0.294. The van der Waals surface area contributed by atoms with Crippen LogP contribution in [0.25, 0.3) is 0 Å². The van der Waals surface area contributed by atoms with E-state index in [9.17, 15) is 0 Å². The summed E-state index contributed by atoms with van der Waals surface area (Å²) in [7, 11) is 2.62. The van der Waals surface area contributed by atoms with Gasteiger partial charge in [-0.15, -0.1) is 0 Å². The predicted molar refractivity (Wildman–Crippen MR) is 78.7 cm³/mol. The van der Waals surface area contributed by atoms with Crippen LogP contribution in [0.15, 0.2) is 0 Å². The van der Waals surface area contributed by atoms with Crippen molar-refractivity contribution in [3.05, 3.63) is 0 Å². The molecule has 1 aliphatic heterocycles. The number of epoxide rings is 1. The Morgan fingerprint density at radius 1 is 1.11 bits per heavy atom. The molecule has 0 spiro atoms. The van der Waals surface area contributed by atoms with E-state index in [1.54, 1.807) is 21.3 Å². The highest BCUT2D eigenvalue weighted by atomic mass is 32.2. The van der Waals surface area contributed by atoms with E-state index in [2.05, 4.69) is 0 Å². The van der Waals surface area contributed by atoms with Gasteiger partial charge in [-0.2, -0.15) is 11.8 Å². The Kier molecular flexibility index (Phi) is 9.30. The summed E-state index contributed by atoms with van der Waals surface area (Å²) in [6, 6.07) is 0.874. The lowest BCUT2D eigenvalue weighted by molar-refractivity contribution is 0.117. The lowest BCUT2D eigenvalue weighted by Crippen LogP contribution is -2.42. The van der Waals surface area contributed by atoms with E-state index in [0.717, 1.165) is 50.2 Å². The highest BCUT2D eigenvalue weighted by Gasteiger charge is 2.36. The molecule has 1 aliphatic rings. The Morgan fingerprint density at radius 3 is 2.32 bits per heavy atom. The van der Waals surface area contributed by atoms with Crippen LogP contribution in [0.4, 0.5) is 0 Å². The van der Waals surface area contributed by atoms with Crippen LogP contribution in [0.1, 0.15) is 12.8 Å². The Labute approximate surface area is 121 Å². The third-order valence-corrected chi connectivity index (χ3v) is 6.97. The van der Waals surface area contributed by atoms with Gasteiger partial charge in [0, 0.05) is 34.0 Å². The van der Waals surface area contributed by atoms with Crippen LogP contribution in [0, 0.1) is 0 Å². The van der Waals surface area contributed by atoms with Gasteiger partial charge in [0.2, 0.25) is 0 Å². The van der Waals surface area contributed by atoms with Crippen molar-refractivity contribution < 1.29 is 22.8 Å². The molecule has 1 atom stereocenters. The van der Waals surface area contributed by atoms with E-state index in [4.69, 9.17) is 22.8 Å². The summed E-state index contributed by atoms with van der Waals surface area (Å²) < 4.78 is 26.7. The number of hydrogen-bond acceptors (Lipinski definition) is 6. The maximum atomic E-state index is 5.48. The minimum Gasteiger partial charge on any atom is -0.379 e. The first kappa shape index (κ1) is 17.4. The molecule has 1 rings (SSSR count). The fraction of sp³-hybridized carbons (Fsp3) is 1.00. The summed E-state index contributed by atoms with van der Waals surface area (Å²) in [6.45, 7) is 2.47. The summed E-state index contributed by atoms with van der Waals surface area (Å²) >= 11 is 1.94. The predicted octanol–water partition coefficient (Wildman–Crippen LogP) is 1.79. The highest BCUT2D eigenvalue weighted by Crippen LogP contribution is 2.17. The van der Waals surface area contributed by atoms with Crippen LogP contribution in [-0.2, 0) is 22.8 Å². The van der Waals surface area contributed by atoms with E-state index in [1.807, 2.05) is 11.8 Å². The minimum atomic E-state index is -2.36. The van der Waals surface area contributed by atoms with Gasteiger partial charge in [0.25, 0.3) is 0 Å². The Balaban J connectivity index is 1.86. The van der Waals surface area contributed by atoms with Gasteiger partial charge in [-0.25, -0.2) is 0 Å². The molecular formula is C12H26O5SSi. The molecule has 0 aromatic rings. The minimum absolute atomic E-state index is 0.378. The van der Waals surface area contributed by atoms with Gasteiger partial charge < -0.3 is 22.8 Å². The second-order valence-electron chi connectivity index (χ2n) is 4.40. The van der Waals surface area contributed by atoms with E-state index in [0.29, 0.717) is 6.10 Å². The molecule has 1 heterocycles. The van der Waals surface area contributed by atoms with Crippen molar-refractivity contribution in [2.24, 2.45) is 0 Å². The smallest absolute Gasteiger partial charge is 0.379 e. The average molecular weight is 310 g/mol. The molecule has 0 N–H and O–H groups in total. The topological polar surface area (TPSA) is 49.5 Å². The Bertz CT molecular complexity index is 216. The number of thioether (sulfide) groups is 1. The first-order chi connectivity index (χ1) is 9.26. The van der Waals surface area contributed by atoms with Gasteiger partial charge in [-0.05, 0) is 24.3 Å². The fourth-order valence-corrected chi connectivity index (χ4v) is 4.54. The van der Waals surface area contributed by atoms with E-state index in [-0.39, 0.29) is 0 Å². The van der Waals surface area contributed by atoms with E-state index < -0.39 is 8.80 Å². The largest absolute Gasteiger partial charge is 0.500 e. The van der Waals surface area contributed by atoms with E-state index in [1.165, 1.54) is 0 Å². The van der Waals surface area contributed by atoms with Crippen molar-refractivity contribution in [1.82, 2.24) is 0 Å². The molecule has 1 fully saturated rings. The second-order valence-corrected chi connectivity index (χ2v) is 8.71. The average Bonchev–Trinajstić information content (AvgIpc) is 3.26. The Morgan fingerprint density at radius 2 is 1.74 bits per heavy atom. The van der Waals surface area contributed by atoms with Crippen LogP contribution < -0.4 is 0 Å². The fourth-order valence-electron chi connectivity index (χ4n) is 1.69. The van der Waals surface area contributed by atoms with Crippen molar-refractivity contribution in [1.29, 1.82) is 0 Å². The zero-order valence-electron chi connectivity index (χ0n) is 12.2. The normalized spacial score (nSPS) is 18.8. The van der Waals surface area contributed by atoms with Crippen molar-refractivity contribution in [3.63, 3.8) is 0 Å². The first-order valence-corrected chi connectivity index (χ1v) is 9.77. The monoisotopic (exact) mass is 310 g/mol. The standard InChI is InChI=1S/C12H26O5SSi/c1-13-19(14-2,15-3)9-5-8-18-7-4-6-16-10-12-11-17-12/h12H,4-11H2,1-3H3. The molecule has 0 aromatic heterocycles. The third-order valence-electron chi connectivity index (χ3n) is 2.99. The number of ether oxygens (including phenoxy) is 2. The molecule has 0 bridgehead atoms. The van der Waals surface area contributed by atoms with Crippen LogP contribution in [0.3, 0.4) is 0 Å². The molecule has 7 heteroatoms. The van der Waals surface area contributed by atoms with Gasteiger partial charge in [-0.3, -0.25) is 0 Å². The Hall–Kier alpha value is 0.367. The molecule has 1 saturated heterocycles. The molecule has 0 amide bonds.